The van der Waals surface area contributed by atoms with E-state index in [4.69, 9.17) is 5.11 Å². The van der Waals surface area contributed by atoms with E-state index in [1.54, 1.807) is 36.0 Å². The Morgan fingerprint density at radius 1 is 0.973 bits per heavy atom. The number of carbonyl (C=O) groups is 2. The Morgan fingerprint density at radius 2 is 1.65 bits per heavy atom. The van der Waals surface area contributed by atoms with E-state index < -0.39 is 5.97 Å². The van der Waals surface area contributed by atoms with Gasteiger partial charge >= 0.3 is 5.97 Å². The summed E-state index contributed by atoms with van der Waals surface area (Å²) in [6.45, 7) is 8.92. The number of halogens is 1. The molecule has 6 heteroatoms. The van der Waals surface area contributed by atoms with Crippen LogP contribution in [-0.4, -0.2) is 22.0 Å². The molecule has 0 fully saturated rings. The van der Waals surface area contributed by atoms with E-state index in [9.17, 15) is 19.1 Å². The number of ketones is 1. The van der Waals surface area contributed by atoms with Gasteiger partial charge in [-0.15, -0.1) is 11.8 Å². The van der Waals surface area contributed by atoms with Crippen LogP contribution in [0.25, 0.3) is 6.08 Å². The number of carboxylic acid groups (broad SMARTS) is 1. The van der Waals surface area contributed by atoms with Crippen LogP contribution < -0.4 is 0 Å². The van der Waals surface area contributed by atoms with E-state index in [2.05, 4.69) is 27.7 Å². The maximum atomic E-state index is 13.4. The zero-order valence-corrected chi connectivity index (χ0v) is 22.3. The Labute approximate surface area is 221 Å². The van der Waals surface area contributed by atoms with Crippen LogP contribution in [0.5, 0.6) is 5.75 Å². The van der Waals surface area contributed by atoms with Crippen molar-refractivity contribution in [1.29, 1.82) is 0 Å². The number of carboxylic acids is 1. The van der Waals surface area contributed by atoms with Gasteiger partial charge in [0.2, 0.25) is 0 Å². The minimum atomic E-state index is -1.21. The van der Waals surface area contributed by atoms with Crippen LogP contribution in [0.1, 0.15) is 83.5 Å². The van der Waals surface area contributed by atoms with Gasteiger partial charge in [0.05, 0.1) is 0 Å². The van der Waals surface area contributed by atoms with Crippen molar-refractivity contribution in [3.8, 4) is 5.75 Å². The molecule has 0 heterocycles. The molecular weight excluding hydrogens is 487 g/mol. The molecule has 4 nitrogen and oxygen atoms in total. The zero-order valence-electron chi connectivity index (χ0n) is 21.5. The summed E-state index contributed by atoms with van der Waals surface area (Å²) in [6.07, 6.45) is 5.08. The molecule has 0 saturated carbocycles. The van der Waals surface area contributed by atoms with Crippen LogP contribution in [0, 0.1) is 5.82 Å². The molecule has 37 heavy (non-hydrogen) atoms. The van der Waals surface area contributed by atoms with Crippen molar-refractivity contribution in [1.82, 2.24) is 0 Å². The molecule has 0 saturated heterocycles. The first-order chi connectivity index (χ1) is 17.4. The number of aromatic hydroxyl groups is 1. The fourth-order valence-corrected chi connectivity index (χ4v) is 6.09. The first-order valence-electron chi connectivity index (χ1n) is 12.2. The molecule has 0 unspecified atom stereocenters. The summed E-state index contributed by atoms with van der Waals surface area (Å²) in [7, 11) is 0. The molecule has 1 aliphatic rings. The van der Waals surface area contributed by atoms with Gasteiger partial charge in [-0.1, -0.05) is 52.0 Å². The average Bonchev–Trinajstić information content (AvgIpc) is 2.84. The topological polar surface area (TPSA) is 74.6 Å². The third kappa shape index (κ3) is 5.80. The molecule has 0 bridgehead atoms. The van der Waals surface area contributed by atoms with Crippen molar-refractivity contribution in [2.45, 2.75) is 62.0 Å². The quantitative estimate of drug-likeness (QED) is 0.190. The lowest BCUT2D eigenvalue weighted by molar-refractivity contribution is 0.0693. The van der Waals surface area contributed by atoms with E-state index >= 15 is 0 Å². The molecule has 1 aliphatic carbocycles. The average molecular weight is 519 g/mol. The van der Waals surface area contributed by atoms with Crippen LogP contribution >= 0.6 is 11.8 Å². The maximum Gasteiger partial charge on any atom is 0.339 e. The van der Waals surface area contributed by atoms with Gasteiger partial charge in [-0.3, -0.25) is 4.79 Å². The SMILES string of the molecule is CC1(C)CCC(C)(C)c2c(SCc3ccc(F)cc3)cc(C(=O)/C=C/c3ccc(C(=O)O)c(O)c3)cc21. The number of thioether (sulfide) groups is 1. The number of fused-ring (bicyclic) bond motifs is 1. The second kappa shape index (κ2) is 10.2. The maximum absolute atomic E-state index is 13.4. The molecule has 0 spiro atoms. The summed E-state index contributed by atoms with van der Waals surface area (Å²) < 4.78 is 13.4. The Kier molecular flexibility index (Phi) is 7.33. The largest absolute Gasteiger partial charge is 0.507 e. The van der Waals surface area contributed by atoms with Crippen molar-refractivity contribution >= 4 is 29.6 Å². The smallest absolute Gasteiger partial charge is 0.339 e. The Balaban J connectivity index is 1.71. The molecule has 3 aromatic rings. The predicted octanol–water partition coefficient (Wildman–Crippen LogP) is 7.77. The van der Waals surface area contributed by atoms with Crippen LogP contribution in [0.4, 0.5) is 4.39 Å². The van der Waals surface area contributed by atoms with Gasteiger partial charge in [0.25, 0.3) is 0 Å². The summed E-state index contributed by atoms with van der Waals surface area (Å²) in [5.41, 5.74) is 4.24. The highest BCUT2D eigenvalue weighted by molar-refractivity contribution is 7.98. The third-order valence-electron chi connectivity index (χ3n) is 7.15. The molecule has 0 aliphatic heterocycles. The lowest BCUT2D eigenvalue weighted by Gasteiger charge is -2.43. The first-order valence-corrected chi connectivity index (χ1v) is 13.2. The number of carbonyl (C=O) groups excluding carboxylic acids is 1. The lowest BCUT2D eigenvalue weighted by Crippen LogP contribution is -2.34. The molecule has 192 valence electrons. The zero-order chi connectivity index (χ0) is 27.0. The van der Waals surface area contributed by atoms with Crippen molar-refractivity contribution in [2.24, 2.45) is 0 Å². The third-order valence-corrected chi connectivity index (χ3v) is 8.27. The van der Waals surface area contributed by atoms with Gasteiger partial charge < -0.3 is 10.2 Å². The fraction of sp³-hybridized carbons (Fsp3) is 0.290. The highest BCUT2D eigenvalue weighted by atomic mass is 32.2. The Bertz CT molecular complexity index is 1390. The molecule has 4 rings (SSSR count). The summed E-state index contributed by atoms with van der Waals surface area (Å²) in [5.74, 6) is -1.34. The summed E-state index contributed by atoms with van der Waals surface area (Å²) in [4.78, 5) is 25.5. The Morgan fingerprint density at radius 3 is 2.30 bits per heavy atom. The number of allylic oxidation sites excluding steroid dienone is 1. The molecule has 2 N–H and O–H groups in total. The van der Waals surface area contributed by atoms with E-state index in [0.29, 0.717) is 16.9 Å². The van der Waals surface area contributed by atoms with Crippen LogP contribution in [0.15, 0.2) is 65.6 Å². The molecule has 0 radical (unpaired) electrons. The number of phenols is 1. The number of hydrogen-bond acceptors (Lipinski definition) is 4. The van der Waals surface area contributed by atoms with Gasteiger partial charge in [-0.05, 0) is 88.4 Å². The molecule has 0 aromatic heterocycles. The second-order valence-electron chi connectivity index (χ2n) is 10.9. The molecule has 0 amide bonds. The Hall–Kier alpha value is -3.38. The molecule has 3 aromatic carbocycles. The summed E-state index contributed by atoms with van der Waals surface area (Å²) >= 11 is 1.66. The predicted molar refractivity (Wildman–Crippen MR) is 146 cm³/mol. The minimum absolute atomic E-state index is 0.0448. The van der Waals surface area contributed by atoms with E-state index in [-0.39, 0.29) is 33.7 Å². The second-order valence-corrected chi connectivity index (χ2v) is 11.9. The summed E-state index contributed by atoms with van der Waals surface area (Å²) in [5, 5.41) is 19.1. The van der Waals surface area contributed by atoms with Gasteiger partial charge in [0.15, 0.2) is 5.78 Å². The van der Waals surface area contributed by atoms with Gasteiger partial charge in [-0.2, -0.15) is 0 Å². The minimum Gasteiger partial charge on any atom is -0.507 e. The molecule has 0 atom stereocenters. The van der Waals surface area contributed by atoms with E-state index in [1.165, 1.54) is 41.5 Å². The first kappa shape index (κ1) is 26.7. The van der Waals surface area contributed by atoms with Crippen molar-refractivity contribution in [2.75, 3.05) is 0 Å². The normalized spacial score (nSPS) is 15.9. The van der Waals surface area contributed by atoms with Crippen molar-refractivity contribution in [3.63, 3.8) is 0 Å². The highest BCUT2D eigenvalue weighted by Crippen LogP contribution is 2.50. The van der Waals surface area contributed by atoms with Crippen LogP contribution in [-0.2, 0) is 16.6 Å². The lowest BCUT2D eigenvalue weighted by atomic mass is 9.63. The van der Waals surface area contributed by atoms with E-state index in [1.807, 2.05) is 12.1 Å². The van der Waals surface area contributed by atoms with Crippen LogP contribution in [0.2, 0.25) is 0 Å². The molecular formula is C31H31FO4S. The van der Waals surface area contributed by atoms with Gasteiger partial charge in [-0.25, -0.2) is 9.18 Å². The van der Waals surface area contributed by atoms with E-state index in [0.717, 1.165) is 23.3 Å². The fourth-order valence-electron chi connectivity index (χ4n) is 4.83. The number of aromatic carboxylic acids is 1. The summed E-state index contributed by atoms with van der Waals surface area (Å²) in [6, 6.07) is 14.7. The standard InChI is InChI=1S/C31H31FO4S/c1-30(2)13-14-31(3,4)28-24(30)16-21(17-27(28)37-18-20-5-9-22(32)10-6-20)25(33)12-8-19-7-11-23(29(35)36)26(34)15-19/h5-12,15-17,34H,13-14,18H2,1-4H3,(H,35,36)/b12-8+. The number of rotatable bonds is 7. The van der Waals surface area contributed by atoms with Gasteiger partial charge in [0, 0.05) is 16.2 Å². The van der Waals surface area contributed by atoms with Crippen molar-refractivity contribution < 1.29 is 24.2 Å². The van der Waals surface area contributed by atoms with Crippen LogP contribution in [0.3, 0.4) is 0 Å². The van der Waals surface area contributed by atoms with Gasteiger partial charge in [0.1, 0.15) is 17.1 Å². The number of benzene rings is 3. The monoisotopic (exact) mass is 518 g/mol. The highest BCUT2D eigenvalue weighted by Gasteiger charge is 2.39. The number of hydrogen-bond donors (Lipinski definition) is 2. The van der Waals surface area contributed by atoms with Crippen molar-refractivity contribution in [3.05, 3.63) is 99.9 Å².